The number of nitrogens with zero attached hydrogens (tertiary/aromatic N) is 1. The molecule has 1 saturated heterocycles. The summed E-state index contributed by atoms with van der Waals surface area (Å²) in [6, 6.07) is 5.41. The van der Waals surface area contributed by atoms with Gasteiger partial charge in [-0.3, -0.25) is 15.0 Å². The second kappa shape index (κ2) is 14.8. The predicted octanol–water partition coefficient (Wildman–Crippen LogP) is 2.72. The molecule has 1 aromatic carbocycles. The molecule has 0 saturated carbocycles. The van der Waals surface area contributed by atoms with E-state index in [1.54, 1.807) is 70.7 Å². The first-order valence-corrected chi connectivity index (χ1v) is 13.9. The highest BCUT2D eigenvalue weighted by Crippen LogP contribution is 2.17. The molecule has 228 valence electrons. The van der Waals surface area contributed by atoms with Crippen LogP contribution in [-0.2, 0) is 23.8 Å². The Balaban J connectivity index is 1.98. The number of esters is 1. The first-order chi connectivity index (χ1) is 19.0. The number of rotatable bonds is 11. The maximum atomic E-state index is 13.5. The summed E-state index contributed by atoms with van der Waals surface area (Å²) in [4.78, 5) is 52.1. The molecule has 1 fully saturated rings. The van der Waals surface area contributed by atoms with Gasteiger partial charge in [0.15, 0.2) is 0 Å². The Kier molecular flexibility index (Phi) is 12.1. The van der Waals surface area contributed by atoms with Crippen LogP contribution in [0.5, 0.6) is 0 Å². The Morgan fingerprint density at radius 2 is 1.54 bits per heavy atom. The lowest BCUT2D eigenvalue weighted by Crippen LogP contribution is -2.51. The number of nitrogens with one attached hydrogen (secondary N) is 3. The number of piperidine rings is 1. The van der Waals surface area contributed by atoms with Crippen LogP contribution < -0.4 is 16.4 Å². The summed E-state index contributed by atoms with van der Waals surface area (Å²) in [5, 5.41) is 13.0. The van der Waals surface area contributed by atoms with E-state index in [1.807, 2.05) is 0 Å². The summed E-state index contributed by atoms with van der Waals surface area (Å²) in [6.45, 7) is 11.6. The Labute approximate surface area is 242 Å². The molecule has 0 radical (unpaired) electrons. The Bertz CT molecular complexity index is 1070. The van der Waals surface area contributed by atoms with Crippen LogP contribution in [0.3, 0.4) is 0 Å². The van der Waals surface area contributed by atoms with Crippen LogP contribution >= 0.6 is 0 Å². The zero-order valence-electron chi connectivity index (χ0n) is 25.0. The molecule has 1 aliphatic heterocycles. The van der Waals surface area contributed by atoms with E-state index in [1.165, 1.54) is 0 Å². The number of ether oxygens (including phenoxy) is 3. The van der Waals surface area contributed by atoms with Crippen LogP contribution in [0.1, 0.15) is 83.1 Å². The smallest absolute Gasteiger partial charge is 0.407 e. The quantitative estimate of drug-likeness (QED) is 0.135. The lowest BCUT2D eigenvalue weighted by molar-refractivity contribution is -0.163. The molecule has 0 aliphatic carbocycles. The summed E-state index contributed by atoms with van der Waals surface area (Å²) in [5.41, 5.74) is 5.09. The average Bonchev–Trinajstić information content (AvgIpc) is 2.87. The van der Waals surface area contributed by atoms with Gasteiger partial charge in [0.05, 0.1) is 6.10 Å². The van der Waals surface area contributed by atoms with Crippen molar-refractivity contribution in [2.75, 3.05) is 26.2 Å². The Morgan fingerprint density at radius 3 is 2.07 bits per heavy atom. The molecule has 0 aromatic heterocycles. The molecule has 5 N–H and O–H groups in total. The normalized spacial score (nSPS) is 15.0. The van der Waals surface area contributed by atoms with E-state index in [2.05, 4.69) is 10.6 Å². The molecule has 2 rings (SSSR count). The van der Waals surface area contributed by atoms with E-state index >= 15 is 0 Å². The van der Waals surface area contributed by atoms with Crippen molar-refractivity contribution in [2.24, 2.45) is 5.73 Å². The Morgan fingerprint density at radius 1 is 0.976 bits per heavy atom. The molecule has 12 heteroatoms. The van der Waals surface area contributed by atoms with Gasteiger partial charge >= 0.3 is 12.1 Å². The molecular weight excluding hydrogens is 530 g/mol. The van der Waals surface area contributed by atoms with E-state index in [0.29, 0.717) is 49.9 Å². The molecule has 41 heavy (non-hydrogen) atoms. The second-order valence-corrected chi connectivity index (χ2v) is 12.0. The highest BCUT2D eigenvalue weighted by molar-refractivity contribution is 5.99. The monoisotopic (exact) mass is 575 g/mol. The number of nitrogen functional groups attached to an aromatic ring is 1. The van der Waals surface area contributed by atoms with Gasteiger partial charge in [-0.25, -0.2) is 9.59 Å². The number of benzene rings is 1. The number of amides is 3. The molecule has 1 aliphatic rings. The zero-order valence-corrected chi connectivity index (χ0v) is 25.0. The van der Waals surface area contributed by atoms with Crippen molar-refractivity contribution in [1.82, 2.24) is 15.5 Å². The molecule has 1 aromatic rings. The maximum absolute atomic E-state index is 13.5. The van der Waals surface area contributed by atoms with Gasteiger partial charge in [-0.15, -0.1) is 0 Å². The molecular formula is C29H45N5O7. The molecule has 0 spiro atoms. The second-order valence-electron chi connectivity index (χ2n) is 12.0. The molecule has 12 nitrogen and oxygen atoms in total. The summed E-state index contributed by atoms with van der Waals surface area (Å²) in [6.07, 6.45) is 1.07. The standard InChI is InChI=1S/C29H45N5O7/c1-28(2,3)40-23(35)18-39-21-13-16-34(17-14-21)26(37)22(8-7-15-32-27(38)41-29(4,5)6)33-25(36)20-11-9-19(10-12-20)24(30)31/h9-12,21-22H,7-8,13-18H2,1-6H3,(H3,30,31)(H,32,38)(H,33,36)/t22-/m0/s1. The van der Waals surface area contributed by atoms with Crippen LogP contribution in [0, 0.1) is 5.41 Å². The fourth-order valence-electron chi connectivity index (χ4n) is 4.13. The van der Waals surface area contributed by atoms with Gasteiger partial charge in [-0.1, -0.05) is 12.1 Å². The summed E-state index contributed by atoms with van der Waals surface area (Å²) < 4.78 is 16.2. The molecule has 1 atom stereocenters. The van der Waals surface area contributed by atoms with Gasteiger partial charge in [0, 0.05) is 30.8 Å². The highest BCUT2D eigenvalue weighted by Gasteiger charge is 2.30. The van der Waals surface area contributed by atoms with Crippen molar-refractivity contribution in [3.05, 3.63) is 35.4 Å². The van der Waals surface area contributed by atoms with Gasteiger partial charge < -0.3 is 35.5 Å². The van der Waals surface area contributed by atoms with Crippen LogP contribution in [0.15, 0.2) is 24.3 Å². The molecule has 3 amide bonds. The van der Waals surface area contributed by atoms with Crippen molar-refractivity contribution < 1.29 is 33.4 Å². The van der Waals surface area contributed by atoms with Gasteiger partial charge in [0.2, 0.25) is 5.91 Å². The van der Waals surface area contributed by atoms with Gasteiger partial charge in [0.25, 0.3) is 5.91 Å². The predicted molar refractivity (Wildman–Crippen MR) is 154 cm³/mol. The number of hydrogen-bond donors (Lipinski definition) is 4. The topological polar surface area (TPSA) is 173 Å². The average molecular weight is 576 g/mol. The van der Waals surface area contributed by atoms with Crippen molar-refractivity contribution in [3.63, 3.8) is 0 Å². The lowest BCUT2D eigenvalue weighted by Gasteiger charge is -2.34. The van der Waals surface area contributed by atoms with Crippen molar-refractivity contribution in [3.8, 4) is 0 Å². The number of carbonyl (C=O) groups excluding carboxylic acids is 4. The highest BCUT2D eigenvalue weighted by atomic mass is 16.6. The maximum Gasteiger partial charge on any atom is 0.407 e. The third-order valence-electron chi connectivity index (χ3n) is 6.01. The van der Waals surface area contributed by atoms with Crippen LogP contribution in [0.25, 0.3) is 0 Å². The van der Waals surface area contributed by atoms with Gasteiger partial charge in [-0.05, 0) is 79.4 Å². The Hall–Kier alpha value is -3.67. The number of carbonyl (C=O) groups is 4. The van der Waals surface area contributed by atoms with E-state index in [9.17, 15) is 19.2 Å². The molecule has 1 heterocycles. The van der Waals surface area contributed by atoms with Gasteiger partial charge in [0.1, 0.15) is 29.7 Å². The number of likely N-dealkylation sites (tertiary alicyclic amines) is 1. The van der Waals surface area contributed by atoms with Crippen molar-refractivity contribution in [2.45, 2.75) is 90.6 Å². The van der Waals surface area contributed by atoms with E-state index in [4.69, 9.17) is 25.4 Å². The summed E-state index contributed by atoms with van der Waals surface area (Å²) in [7, 11) is 0. The van der Waals surface area contributed by atoms with Crippen molar-refractivity contribution in [1.29, 1.82) is 5.41 Å². The number of nitrogens with two attached hydrogens (primary N) is 1. The fraction of sp³-hybridized carbons (Fsp3) is 0.621. The largest absolute Gasteiger partial charge is 0.458 e. The lowest BCUT2D eigenvalue weighted by atomic mass is 10.0. The number of hydrogen-bond acceptors (Lipinski definition) is 8. The fourth-order valence-corrected chi connectivity index (χ4v) is 4.13. The van der Waals surface area contributed by atoms with E-state index < -0.39 is 35.2 Å². The van der Waals surface area contributed by atoms with Crippen LogP contribution in [0.4, 0.5) is 4.79 Å². The van der Waals surface area contributed by atoms with Gasteiger partial charge in [-0.2, -0.15) is 0 Å². The van der Waals surface area contributed by atoms with E-state index in [0.717, 1.165) is 0 Å². The molecule has 0 bridgehead atoms. The SMILES string of the molecule is CC(C)(C)OC(=O)COC1CCN(C(=O)[C@H](CCCNC(=O)OC(C)(C)C)NC(=O)c2ccc(C(=N)N)cc2)CC1. The van der Waals surface area contributed by atoms with E-state index in [-0.39, 0.29) is 31.0 Å². The number of amidine groups is 1. The van der Waals surface area contributed by atoms with Crippen LogP contribution in [0.2, 0.25) is 0 Å². The third-order valence-corrected chi connectivity index (χ3v) is 6.01. The minimum absolute atomic E-state index is 0.110. The molecule has 0 unspecified atom stereocenters. The van der Waals surface area contributed by atoms with Crippen LogP contribution in [-0.4, -0.2) is 84.2 Å². The zero-order chi connectivity index (χ0) is 30.8. The third kappa shape index (κ3) is 12.6. The number of alkyl carbamates (subject to hydrolysis) is 1. The summed E-state index contributed by atoms with van der Waals surface area (Å²) >= 11 is 0. The summed E-state index contributed by atoms with van der Waals surface area (Å²) in [5.74, 6) is -1.22. The minimum Gasteiger partial charge on any atom is -0.458 e. The van der Waals surface area contributed by atoms with Crippen molar-refractivity contribution >= 4 is 29.7 Å². The minimum atomic E-state index is -0.824. The first-order valence-electron chi connectivity index (χ1n) is 13.9. The first kappa shape index (κ1) is 33.5.